The van der Waals surface area contributed by atoms with Crippen LogP contribution in [-0.2, 0) is 16.6 Å². The van der Waals surface area contributed by atoms with Crippen molar-refractivity contribution in [2.75, 3.05) is 0 Å². The van der Waals surface area contributed by atoms with Gasteiger partial charge in [-0.3, -0.25) is 9.78 Å². The monoisotopic (exact) mass is 345 g/mol. The van der Waals surface area contributed by atoms with Gasteiger partial charge in [0.2, 0.25) is 10.0 Å². The molecule has 1 aromatic heterocycles. The Balaban J connectivity index is 1.59. The predicted molar refractivity (Wildman–Crippen MR) is 89.9 cm³/mol. The fourth-order valence-corrected chi connectivity index (χ4v) is 3.47. The number of amides is 1. The Morgan fingerprint density at radius 3 is 2.46 bits per heavy atom. The number of carbonyl (C=O) groups is 1. The Labute approximate surface area is 141 Å². The van der Waals surface area contributed by atoms with Crippen LogP contribution in [0, 0.1) is 6.92 Å². The van der Waals surface area contributed by atoms with E-state index in [1.54, 1.807) is 36.4 Å². The van der Waals surface area contributed by atoms with Crippen molar-refractivity contribution >= 4 is 15.9 Å². The molecule has 1 aliphatic rings. The molecule has 24 heavy (non-hydrogen) atoms. The first-order chi connectivity index (χ1) is 11.4. The summed E-state index contributed by atoms with van der Waals surface area (Å²) in [6.07, 6.45) is 3.33. The lowest BCUT2D eigenvalue weighted by atomic mass is 10.2. The third-order valence-electron chi connectivity index (χ3n) is 3.76. The van der Waals surface area contributed by atoms with Crippen LogP contribution in [0.15, 0.2) is 47.5 Å². The van der Waals surface area contributed by atoms with E-state index in [0.717, 1.165) is 24.1 Å². The highest BCUT2D eigenvalue weighted by atomic mass is 32.2. The fourth-order valence-electron chi connectivity index (χ4n) is 2.16. The summed E-state index contributed by atoms with van der Waals surface area (Å²) in [4.78, 5) is 16.4. The van der Waals surface area contributed by atoms with Crippen molar-refractivity contribution in [3.05, 3.63) is 59.4 Å². The lowest BCUT2D eigenvalue weighted by molar-refractivity contribution is 0.0950. The molecule has 6 nitrogen and oxygen atoms in total. The van der Waals surface area contributed by atoms with Crippen LogP contribution >= 0.6 is 0 Å². The van der Waals surface area contributed by atoms with E-state index in [4.69, 9.17) is 0 Å². The van der Waals surface area contributed by atoms with Crippen LogP contribution in [0.3, 0.4) is 0 Å². The standard InChI is InChI=1S/C17H19N3O3S/c1-12-2-5-14(11-18-12)17(21)19-10-13-3-8-16(9-4-13)24(22,23)20-15-6-7-15/h2-5,8-9,11,15,20H,6-7,10H2,1H3,(H,19,21). The highest BCUT2D eigenvalue weighted by Crippen LogP contribution is 2.22. The highest BCUT2D eigenvalue weighted by Gasteiger charge is 2.27. The number of carbonyl (C=O) groups excluding carboxylic acids is 1. The molecule has 1 amide bonds. The molecule has 7 heteroatoms. The molecule has 1 aliphatic carbocycles. The van der Waals surface area contributed by atoms with Gasteiger partial charge in [-0.1, -0.05) is 12.1 Å². The molecule has 1 fully saturated rings. The van der Waals surface area contributed by atoms with Crippen LogP contribution in [0.2, 0.25) is 0 Å². The van der Waals surface area contributed by atoms with Gasteiger partial charge in [0.25, 0.3) is 5.91 Å². The second kappa shape index (κ2) is 6.70. The maximum atomic E-state index is 12.1. The molecule has 3 rings (SSSR count). The van der Waals surface area contributed by atoms with E-state index in [9.17, 15) is 13.2 Å². The zero-order valence-corrected chi connectivity index (χ0v) is 14.1. The number of aryl methyl sites for hydroxylation is 1. The molecule has 0 aliphatic heterocycles. The summed E-state index contributed by atoms with van der Waals surface area (Å²) >= 11 is 0. The number of pyridine rings is 1. The van der Waals surface area contributed by atoms with E-state index in [2.05, 4.69) is 15.0 Å². The summed E-state index contributed by atoms with van der Waals surface area (Å²) < 4.78 is 26.8. The van der Waals surface area contributed by atoms with Gasteiger partial charge in [0.05, 0.1) is 10.5 Å². The molecule has 126 valence electrons. The smallest absolute Gasteiger partial charge is 0.253 e. The molecule has 1 saturated carbocycles. The van der Waals surface area contributed by atoms with Gasteiger partial charge in [0.1, 0.15) is 0 Å². The van der Waals surface area contributed by atoms with Crippen molar-refractivity contribution in [2.45, 2.75) is 37.2 Å². The van der Waals surface area contributed by atoms with Gasteiger partial charge in [-0.25, -0.2) is 13.1 Å². The molecular weight excluding hydrogens is 326 g/mol. The molecule has 0 saturated heterocycles. The summed E-state index contributed by atoms with van der Waals surface area (Å²) in [6, 6.07) is 10.1. The number of rotatable bonds is 6. The summed E-state index contributed by atoms with van der Waals surface area (Å²) in [5.41, 5.74) is 2.17. The highest BCUT2D eigenvalue weighted by molar-refractivity contribution is 7.89. The van der Waals surface area contributed by atoms with Crippen LogP contribution < -0.4 is 10.0 Å². The van der Waals surface area contributed by atoms with Crippen molar-refractivity contribution < 1.29 is 13.2 Å². The van der Waals surface area contributed by atoms with E-state index in [1.807, 2.05) is 6.92 Å². The number of nitrogens with zero attached hydrogens (tertiary/aromatic N) is 1. The van der Waals surface area contributed by atoms with E-state index < -0.39 is 10.0 Å². The lowest BCUT2D eigenvalue weighted by Gasteiger charge is -2.08. The third-order valence-corrected chi connectivity index (χ3v) is 5.30. The van der Waals surface area contributed by atoms with E-state index >= 15 is 0 Å². The van der Waals surface area contributed by atoms with Gasteiger partial charge in [-0.05, 0) is 49.6 Å². The number of nitrogens with one attached hydrogen (secondary N) is 2. The minimum absolute atomic E-state index is 0.0806. The average molecular weight is 345 g/mol. The molecule has 2 N–H and O–H groups in total. The Hall–Kier alpha value is -2.25. The largest absolute Gasteiger partial charge is 0.348 e. The van der Waals surface area contributed by atoms with Gasteiger partial charge in [-0.2, -0.15) is 0 Å². The van der Waals surface area contributed by atoms with Crippen LogP contribution in [0.1, 0.15) is 34.5 Å². The molecule has 0 unspecified atom stereocenters. The number of aromatic nitrogens is 1. The average Bonchev–Trinajstić information content (AvgIpc) is 3.37. The minimum atomic E-state index is -3.44. The number of benzene rings is 1. The van der Waals surface area contributed by atoms with E-state index in [-0.39, 0.29) is 16.8 Å². The normalized spacial score (nSPS) is 14.4. The van der Waals surface area contributed by atoms with Crippen molar-refractivity contribution in [1.29, 1.82) is 0 Å². The maximum Gasteiger partial charge on any atom is 0.253 e. The molecule has 2 aromatic rings. The zero-order chi connectivity index (χ0) is 17.2. The van der Waals surface area contributed by atoms with E-state index in [1.165, 1.54) is 6.20 Å². The van der Waals surface area contributed by atoms with Crippen molar-refractivity contribution in [3.63, 3.8) is 0 Å². The number of sulfonamides is 1. The molecule has 1 aromatic carbocycles. The quantitative estimate of drug-likeness (QED) is 0.835. The summed E-state index contributed by atoms with van der Waals surface area (Å²) in [7, 11) is -3.44. The molecule has 0 radical (unpaired) electrons. The van der Waals surface area contributed by atoms with Gasteiger partial charge in [-0.15, -0.1) is 0 Å². The molecule has 1 heterocycles. The topological polar surface area (TPSA) is 88.2 Å². The first kappa shape index (κ1) is 16.6. The van der Waals surface area contributed by atoms with Crippen LogP contribution in [-0.4, -0.2) is 25.4 Å². The summed E-state index contributed by atoms with van der Waals surface area (Å²) in [5, 5.41) is 2.79. The zero-order valence-electron chi connectivity index (χ0n) is 13.3. The fraction of sp³-hybridized carbons (Fsp3) is 0.294. The Kier molecular flexibility index (Phi) is 4.64. The van der Waals surface area contributed by atoms with Crippen molar-refractivity contribution in [3.8, 4) is 0 Å². The molecule has 0 bridgehead atoms. The van der Waals surface area contributed by atoms with Crippen LogP contribution in [0.4, 0.5) is 0 Å². The van der Waals surface area contributed by atoms with Gasteiger partial charge in [0.15, 0.2) is 0 Å². The van der Waals surface area contributed by atoms with Crippen molar-refractivity contribution in [2.24, 2.45) is 0 Å². The number of hydrogen-bond donors (Lipinski definition) is 2. The number of hydrogen-bond acceptors (Lipinski definition) is 4. The predicted octanol–water partition coefficient (Wildman–Crippen LogP) is 1.76. The SMILES string of the molecule is Cc1ccc(C(=O)NCc2ccc(S(=O)(=O)NC3CC3)cc2)cn1. The van der Waals surface area contributed by atoms with Gasteiger partial charge >= 0.3 is 0 Å². The molecule has 0 spiro atoms. The summed E-state index contributed by atoms with van der Waals surface area (Å²) in [6.45, 7) is 2.18. The first-order valence-electron chi connectivity index (χ1n) is 7.76. The minimum Gasteiger partial charge on any atom is -0.348 e. The molecular formula is C17H19N3O3S. The van der Waals surface area contributed by atoms with Gasteiger partial charge < -0.3 is 5.32 Å². The van der Waals surface area contributed by atoms with Crippen LogP contribution in [0.5, 0.6) is 0 Å². The molecule has 0 atom stereocenters. The van der Waals surface area contributed by atoms with Crippen LogP contribution in [0.25, 0.3) is 0 Å². The Morgan fingerprint density at radius 1 is 1.17 bits per heavy atom. The van der Waals surface area contributed by atoms with Gasteiger partial charge in [0, 0.05) is 24.5 Å². The van der Waals surface area contributed by atoms with Crippen molar-refractivity contribution in [1.82, 2.24) is 15.0 Å². The second-order valence-corrected chi connectivity index (χ2v) is 7.62. The second-order valence-electron chi connectivity index (χ2n) is 5.91. The Morgan fingerprint density at radius 2 is 1.88 bits per heavy atom. The van der Waals surface area contributed by atoms with E-state index in [0.29, 0.717) is 12.1 Å². The lowest BCUT2D eigenvalue weighted by Crippen LogP contribution is -2.26. The third kappa shape index (κ3) is 4.18. The summed E-state index contributed by atoms with van der Waals surface area (Å²) in [5.74, 6) is -0.213. The first-order valence-corrected chi connectivity index (χ1v) is 9.24. The maximum absolute atomic E-state index is 12.1. The Bertz CT molecular complexity index is 826.